The van der Waals surface area contributed by atoms with Gasteiger partial charge < -0.3 is 14.4 Å². The standard InChI is InChI=1S/C17H20N6O2S/c1-9-15(10(2)25-22-9)17(24)19-12-4-5-14-20-21-16(23(14)7-6-12)13-8-26-11(3)18-13/h8,12H,4-7H2,1-3H3,(H,19,24). The third kappa shape index (κ3) is 3.03. The average molecular weight is 372 g/mol. The lowest BCUT2D eigenvalue weighted by atomic mass is 10.1. The Labute approximate surface area is 154 Å². The van der Waals surface area contributed by atoms with E-state index in [1.165, 1.54) is 0 Å². The lowest BCUT2D eigenvalue weighted by molar-refractivity contribution is 0.0931. The van der Waals surface area contributed by atoms with Gasteiger partial charge in [-0.05, 0) is 33.6 Å². The van der Waals surface area contributed by atoms with Gasteiger partial charge in [-0.25, -0.2) is 4.98 Å². The molecule has 3 aromatic rings. The molecule has 1 unspecified atom stereocenters. The summed E-state index contributed by atoms with van der Waals surface area (Å²) in [5.74, 6) is 2.17. The van der Waals surface area contributed by atoms with Gasteiger partial charge in [-0.3, -0.25) is 4.79 Å². The van der Waals surface area contributed by atoms with Gasteiger partial charge in [0.05, 0.1) is 10.7 Å². The molecule has 1 aliphatic rings. The molecule has 1 N–H and O–H groups in total. The van der Waals surface area contributed by atoms with E-state index >= 15 is 0 Å². The normalized spacial score (nSPS) is 17.0. The molecule has 1 aliphatic heterocycles. The van der Waals surface area contributed by atoms with Crippen LogP contribution in [0.5, 0.6) is 0 Å². The fraction of sp³-hybridized carbons (Fsp3) is 0.471. The van der Waals surface area contributed by atoms with Crippen LogP contribution in [0.3, 0.4) is 0 Å². The van der Waals surface area contributed by atoms with E-state index < -0.39 is 0 Å². The Bertz CT molecular complexity index is 937. The first-order chi connectivity index (χ1) is 12.5. The van der Waals surface area contributed by atoms with E-state index in [1.807, 2.05) is 12.3 Å². The predicted molar refractivity (Wildman–Crippen MR) is 96.0 cm³/mol. The fourth-order valence-corrected chi connectivity index (χ4v) is 3.94. The minimum absolute atomic E-state index is 0.0721. The zero-order valence-electron chi connectivity index (χ0n) is 14.9. The molecule has 3 aromatic heterocycles. The maximum atomic E-state index is 12.6. The summed E-state index contributed by atoms with van der Waals surface area (Å²) in [6, 6.07) is 0.0721. The van der Waals surface area contributed by atoms with Gasteiger partial charge in [-0.15, -0.1) is 21.5 Å². The second kappa shape index (κ2) is 6.64. The Kier molecular flexibility index (Phi) is 4.31. The minimum Gasteiger partial charge on any atom is -0.361 e. The summed E-state index contributed by atoms with van der Waals surface area (Å²) in [7, 11) is 0. The van der Waals surface area contributed by atoms with Crippen molar-refractivity contribution in [1.29, 1.82) is 0 Å². The lowest BCUT2D eigenvalue weighted by Crippen LogP contribution is -2.35. The van der Waals surface area contributed by atoms with Gasteiger partial charge in [0.25, 0.3) is 5.91 Å². The molecule has 4 rings (SSSR count). The second-order valence-electron chi connectivity index (χ2n) is 6.54. The van der Waals surface area contributed by atoms with E-state index in [9.17, 15) is 4.79 Å². The van der Waals surface area contributed by atoms with Crippen molar-refractivity contribution in [2.75, 3.05) is 0 Å². The molecule has 0 radical (unpaired) electrons. The molecule has 136 valence electrons. The quantitative estimate of drug-likeness (QED) is 0.758. The molecule has 4 heterocycles. The van der Waals surface area contributed by atoms with Crippen molar-refractivity contribution in [3.63, 3.8) is 0 Å². The molecule has 0 fully saturated rings. The number of hydrogen-bond donors (Lipinski definition) is 1. The molecule has 0 aromatic carbocycles. The van der Waals surface area contributed by atoms with Crippen molar-refractivity contribution < 1.29 is 9.32 Å². The maximum absolute atomic E-state index is 12.6. The van der Waals surface area contributed by atoms with Crippen LogP contribution in [0.15, 0.2) is 9.90 Å². The topological polar surface area (TPSA) is 98.7 Å². The molecular weight excluding hydrogens is 352 g/mol. The van der Waals surface area contributed by atoms with E-state index in [0.29, 0.717) is 17.0 Å². The highest BCUT2D eigenvalue weighted by Gasteiger charge is 2.25. The summed E-state index contributed by atoms with van der Waals surface area (Å²) in [6.07, 6.45) is 2.41. The van der Waals surface area contributed by atoms with E-state index in [2.05, 4.69) is 30.2 Å². The third-order valence-electron chi connectivity index (χ3n) is 4.69. The number of fused-ring (bicyclic) bond motifs is 1. The highest BCUT2D eigenvalue weighted by molar-refractivity contribution is 7.09. The van der Waals surface area contributed by atoms with Crippen LogP contribution in [0.1, 0.15) is 45.5 Å². The van der Waals surface area contributed by atoms with Crippen LogP contribution >= 0.6 is 11.3 Å². The van der Waals surface area contributed by atoms with Gasteiger partial charge in [0.2, 0.25) is 0 Å². The van der Waals surface area contributed by atoms with Crippen LogP contribution in [-0.2, 0) is 13.0 Å². The summed E-state index contributed by atoms with van der Waals surface area (Å²) in [6.45, 7) is 6.27. The van der Waals surface area contributed by atoms with Gasteiger partial charge in [-0.1, -0.05) is 5.16 Å². The van der Waals surface area contributed by atoms with Crippen molar-refractivity contribution >= 4 is 17.2 Å². The fourth-order valence-electron chi connectivity index (χ4n) is 3.35. The smallest absolute Gasteiger partial charge is 0.257 e. The van der Waals surface area contributed by atoms with Crippen molar-refractivity contribution in [3.8, 4) is 11.5 Å². The van der Waals surface area contributed by atoms with Gasteiger partial charge in [0, 0.05) is 24.4 Å². The second-order valence-corrected chi connectivity index (χ2v) is 7.60. The number of nitrogens with one attached hydrogen (secondary N) is 1. The first kappa shape index (κ1) is 16.9. The molecule has 0 aliphatic carbocycles. The van der Waals surface area contributed by atoms with Crippen molar-refractivity contribution in [2.24, 2.45) is 0 Å². The predicted octanol–water partition coefficient (Wildman–Crippen LogP) is 2.45. The molecule has 0 saturated carbocycles. The minimum atomic E-state index is -0.126. The van der Waals surface area contributed by atoms with Gasteiger partial charge in [-0.2, -0.15) is 0 Å². The highest BCUT2D eigenvalue weighted by Crippen LogP contribution is 2.24. The monoisotopic (exact) mass is 372 g/mol. The maximum Gasteiger partial charge on any atom is 0.257 e. The van der Waals surface area contributed by atoms with Crippen LogP contribution < -0.4 is 5.32 Å². The number of carbonyl (C=O) groups excluding carboxylic acids is 1. The zero-order valence-corrected chi connectivity index (χ0v) is 15.8. The van der Waals surface area contributed by atoms with E-state index in [4.69, 9.17) is 4.52 Å². The largest absolute Gasteiger partial charge is 0.361 e. The van der Waals surface area contributed by atoms with E-state index in [-0.39, 0.29) is 11.9 Å². The average Bonchev–Trinajstić information content (AvgIpc) is 3.26. The third-order valence-corrected chi connectivity index (χ3v) is 5.46. The molecule has 0 saturated heterocycles. The van der Waals surface area contributed by atoms with Gasteiger partial charge >= 0.3 is 0 Å². The van der Waals surface area contributed by atoms with Crippen molar-refractivity contribution in [2.45, 2.75) is 52.6 Å². The number of aryl methyl sites for hydroxylation is 4. The number of rotatable bonds is 3. The van der Waals surface area contributed by atoms with Crippen LogP contribution in [0.25, 0.3) is 11.5 Å². The number of carbonyl (C=O) groups is 1. The van der Waals surface area contributed by atoms with E-state index in [1.54, 1.807) is 25.2 Å². The first-order valence-electron chi connectivity index (χ1n) is 8.61. The summed E-state index contributed by atoms with van der Waals surface area (Å²) >= 11 is 1.60. The Morgan fingerprint density at radius 3 is 2.85 bits per heavy atom. The molecule has 9 heteroatoms. The Morgan fingerprint density at radius 2 is 2.15 bits per heavy atom. The zero-order chi connectivity index (χ0) is 18.3. The summed E-state index contributed by atoms with van der Waals surface area (Å²) in [5, 5.41) is 18.6. The summed E-state index contributed by atoms with van der Waals surface area (Å²) in [5.41, 5.74) is 2.02. The van der Waals surface area contributed by atoms with Crippen LogP contribution in [0, 0.1) is 20.8 Å². The molecule has 1 atom stereocenters. The summed E-state index contributed by atoms with van der Waals surface area (Å²) in [4.78, 5) is 17.1. The molecule has 1 amide bonds. The molecule has 0 spiro atoms. The van der Waals surface area contributed by atoms with Crippen molar-refractivity contribution in [1.82, 2.24) is 30.2 Å². The van der Waals surface area contributed by atoms with Gasteiger partial charge in [0.15, 0.2) is 5.82 Å². The molecular formula is C17H20N6O2S. The number of amides is 1. The Balaban J connectivity index is 1.49. The first-order valence-corrected chi connectivity index (χ1v) is 9.49. The van der Waals surface area contributed by atoms with Crippen LogP contribution in [0.4, 0.5) is 0 Å². The van der Waals surface area contributed by atoms with Crippen molar-refractivity contribution in [3.05, 3.63) is 33.2 Å². The number of thiazole rings is 1. The molecule has 8 nitrogen and oxygen atoms in total. The lowest BCUT2D eigenvalue weighted by Gasteiger charge is -2.16. The van der Waals surface area contributed by atoms with E-state index in [0.717, 1.165) is 48.2 Å². The molecule has 26 heavy (non-hydrogen) atoms. The van der Waals surface area contributed by atoms with Crippen LogP contribution in [0.2, 0.25) is 0 Å². The van der Waals surface area contributed by atoms with Crippen LogP contribution in [-0.4, -0.2) is 36.9 Å². The molecule has 0 bridgehead atoms. The van der Waals surface area contributed by atoms with Gasteiger partial charge in [0.1, 0.15) is 22.8 Å². The SMILES string of the molecule is Cc1nc(-c2nnc3n2CCC(NC(=O)c2c(C)noc2C)CC3)cs1. The number of aromatic nitrogens is 5. The summed E-state index contributed by atoms with van der Waals surface area (Å²) < 4.78 is 7.22. The highest BCUT2D eigenvalue weighted by atomic mass is 32.1. The Morgan fingerprint density at radius 1 is 1.31 bits per heavy atom. The number of hydrogen-bond acceptors (Lipinski definition) is 7. The Hall–Kier alpha value is -2.55. The number of nitrogens with zero attached hydrogens (tertiary/aromatic N) is 5.